The first kappa shape index (κ1) is 21.2. The molecule has 2 aromatic carbocycles. The van der Waals surface area contributed by atoms with Crippen LogP contribution in [-0.2, 0) is 16.1 Å². The molecule has 2 rings (SSSR count). The third-order valence-corrected chi connectivity index (χ3v) is 4.04. The van der Waals surface area contributed by atoms with Gasteiger partial charge in [-0.25, -0.2) is 4.39 Å². The summed E-state index contributed by atoms with van der Waals surface area (Å²) in [5.41, 5.74) is 1.66. The van der Waals surface area contributed by atoms with Gasteiger partial charge in [-0.05, 0) is 55.3 Å². The van der Waals surface area contributed by atoms with Crippen molar-refractivity contribution in [3.8, 4) is 5.75 Å². The van der Waals surface area contributed by atoms with E-state index in [9.17, 15) is 14.0 Å². The maximum Gasteiger partial charge on any atom is 0.247 e. The summed E-state index contributed by atoms with van der Waals surface area (Å²) in [7, 11) is 0. The van der Waals surface area contributed by atoms with Crippen LogP contribution >= 0.6 is 0 Å². The van der Waals surface area contributed by atoms with Gasteiger partial charge < -0.3 is 15.0 Å². The second-order valence-electron chi connectivity index (χ2n) is 6.09. The zero-order chi connectivity index (χ0) is 20.4. The van der Waals surface area contributed by atoms with Crippen LogP contribution in [0, 0.1) is 5.82 Å². The molecule has 6 heteroatoms. The number of hydrogen-bond acceptors (Lipinski definition) is 3. The molecule has 0 radical (unpaired) electrons. The monoisotopic (exact) mass is 384 g/mol. The molecule has 0 atom stereocenters. The molecule has 2 aromatic rings. The predicted molar refractivity (Wildman–Crippen MR) is 107 cm³/mol. The van der Waals surface area contributed by atoms with E-state index in [1.165, 1.54) is 23.1 Å². The number of benzene rings is 2. The molecule has 0 aliphatic carbocycles. The van der Waals surface area contributed by atoms with Gasteiger partial charge in [0.1, 0.15) is 11.6 Å². The van der Waals surface area contributed by atoms with E-state index in [4.69, 9.17) is 4.74 Å². The van der Waals surface area contributed by atoms with Gasteiger partial charge in [0, 0.05) is 19.2 Å². The largest absolute Gasteiger partial charge is 0.494 e. The van der Waals surface area contributed by atoms with Crippen LogP contribution in [0.15, 0.2) is 54.6 Å². The minimum atomic E-state index is -0.322. The van der Waals surface area contributed by atoms with E-state index in [-0.39, 0.29) is 30.7 Å². The number of carbonyl (C=O) groups is 2. The first-order chi connectivity index (χ1) is 13.5. The van der Waals surface area contributed by atoms with Gasteiger partial charge in [-0.15, -0.1) is 0 Å². The summed E-state index contributed by atoms with van der Waals surface area (Å²) >= 11 is 0. The Balaban J connectivity index is 1.85. The Kier molecular flexibility index (Phi) is 8.21. The molecule has 0 spiro atoms. The van der Waals surface area contributed by atoms with Crippen molar-refractivity contribution in [2.45, 2.75) is 20.4 Å². The van der Waals surface area contributed by atoms with E-state index in [1.807, 2.05) is 38.1 Å². The molecule has 0 aliphatic rings. The van der Waals surface area contributed by atoms with E-state index in [2.05, 4.69) is 5.32 Å². The fourth-order valence-electron chi connectivity index (χ4n) is 2.49. The summed E-state index contributed by atoms with van der Waals surface area (Å²) in [6.45, 7) is 4.99. The summed E-state index contributed by atoms with van der Waals surface area (Å²) < 4.78 is 18.3. The lowest BCUT2D eigenvalue weighted by Crippen LogP contribution is -2.39. The first-order valence-corrected chi connectivity index (χ1v) is 9.22. The van der Waals surface area contributed by atoms with Gasteiger partial charge in [0.15, 0.2) is 0 Å². The van der Waals surface area contributed by atoms with E-state index in [0.29, 0.717) is 13.2 Å². The number of nitrogens with zero attached hydrogens (tertiary/aromatic N) is 1. The number of hydrogen-bond donors (Lipinski definition) is 1. The predicted octanol–water partition coefficient (Wildman–Crippen LogP) is 3.40. The molecule has 0 bridgehead atoms. The Hall–Kier alpha value is -3.15. The maximum atomic E-state index is 12.9. The molecule has 0 saturated heterocycles. The molecular weight excluding hydrogens is 359 g/mol. The van der Waals surface area contributed by atoms with Crippen molar-refractivity contribution in [3.63, 3.8) is 0 Å². The number of halogens is 1. The van der Waals surface area contributed by atoms with Gasteiger partial charge in [-0.1, -0.05) is 24.3 Å². The van der Waals surface area contributed by atoms with Crippen LogP contribution < -0.4 is 10.1 Å². The molecule has 1 N–H and O–H groups in total. The van der Waals surface area contributed by atoms with Gasteiger partial charge in [-0.3, -0.25) is 9.59 Å². The highest BCUT2D eigenvalue weighted by Gasteiger charge is 2.13. The van der Waals surface area contributed by atoms with Crippen molar-refractivity contribution in [2.75, 3.05) is 19.7 Å². The Morgan fingerprint density at radius 3 is 2.36 bits per heavy atom. The van der Waals surface area contributed by atoms with E-state index in [1.54, 1.807) is 18.2 Å². The molecule has 0 heterocycles. The SMILES string of the molecule is CCOc1ccc(/C=C/C(=O)N(CC)CC(=O)NCc2ccc(F)cc2)cc1. The topological polar surface area (TPSA) is 58.6 Å². The van der Waals surface area contributed by atoms with E-state index < -0.39 is 0 Å². The van der Waals surface area contributed by atoms with Crippen LogP contribution in [0.3, 0.4) is 0 Å². The smallest absolute Gasteiger partial charge is 0.247 e. The Morgan fingerprint density at radius 1 is 1.07 bits per heavy atom. The third-order valence-electron chi connectivity index (χ3n) is 4.04. The van der Waals surface area contributed by atoms with Crippen molar-refractivity contribution in [2.24, 2.45) is 0 Å². The second-order valence-corrected chi connectivity index (χ2v) is 6.09. The van der Waals surface area contributed by atoms with Crippen LogP contribution in [0.5, 0.6) is 5.75 Å². The summed E-state index contributed by atoms with van der Waals surface area (Å²) in [6.07, 6.45) is 3.16. The van der Waals surface area contributed by atoms with Crippen LogP contribution in [-0.4, -0.2) is 36.4 Å². The number of amides is 2. The number of nitrogens with one attached hydrogen (secondary N) is 1. The van der Waals surface area contributed by atoms with Gasteiger partial charge in [0.2, 0.25) is 11.8 Å². The van der Waals surface area contributed by atoms with Crippen molar-refractivity contribution in [3.05, 3.63) is 71.6 Å². The van der Waals surface area contributed by atoms with Gasteiger partial charge >= 0.3 is 0 Å². The first-order valence-electron chi connectivity index (χ1n) is 9.22. The molecule has 0 fully saturated rings. The van der Waals surface area contributed by atoms with E-state index >= 15 is 0 Å². The number of rotatable bonds is 9. The molecular formula is C22H25FN2O3. The fraction of sp³-hybridized carbons (Fsp3) is 0.273. The average molecular weight is 384 g/mol. The molecule has 5 nitrogen and oxygen atoms in total. The highest BCUT2D eigenvalue weighted by atomic mass is 19.1. The summed E-state index contributed by atoms with van der Waals surface area (Å²) in [6, 6.07) is 13.3. The lowest BCUT2D eigenvalue weighted by molar-refractivity contribution is -0.132. The Labute approximate surface area is 164 Å². The number of ether oxygens (including phenoxy) is 1. The van der Waals surface area contributed by atoms with Crippen molar-refractivity contribution >= 4 is 17.9 Å². The summed E-state index contributed by atoms with van der Waals surface area (Å²) in [5, 5.41) is 2.74. The van der Waals surface area contributed by atoms with Crippen molar-refractivity contribution in [1.82, 2.24) is 10.2 Å². The molecule has 0 aromatic heterocycles. The molecule has 0 saturated carbocycles. The van der Waals surface area contributed by atoms with Crippen LogP contribution in [0.4, 0.5) is 4.39 Å². The summed E-state index contributed by atoms with van der Waals surface area (Å²) in [5.74, 6) is -0.0570. The zero-order valence-corrected chi connectivity index (χ0v) is 16.2. The van der Waals surface area contributed by atoms with Crippen molar-refractivity contribution in [1.29, 1.82) is 0 Å². The Bertz CT molecular complexity index is 802. The minimum Gasteiger partial charge on any atom is -0.494 e. The quantitative estimate of drug-likeness (QED) is 0.674. The number of likely N-dealkylation sites (N-methyl/N-ethyl adjacent to an activating group) is 1. The van der Waals surface area contributed by atoms with Crippen LogP contribution in [0.2, 0.25) is 0 Å². The zero-order valence-electron chi connectivity index (χ0n) is 16.2. The lowest BCUT2D eigenvalue weighted by Gasteiger charge is -2.18. The molecule has 2 amide bonds. The average Bonchev–Trinajstić information content (AvgIpc) is 2.71. The summed E-state index contributed by atoms with van der Waals surface area (Å²) in [4.78, 5) is 25.9. The normalized spacial score (nSPS) is 10.7. The Morgan fingerprint density at radius 2 is 1.75 bits per heavy atom. The van der Waals surface area contributed by atoms with Gasteiger partial charge in [-0.2, -0.15) is 0 Å². The van der Waals surface area contributed by atoms with Crippen LogP contribution in [0.25, 0.3) is 6.08 Å². The van der Waals surface area contributed by atoms with Gasteiger partial charge in [0.25, 0.3) is 0 Å². The standard InChI is InChI=1S/C22H25FN2O3/c1-3-25(16-21(26)24-15-18-5-10-19(23)11-6-18)22(27)14-9-17-7-12-20(13-8-17)28-4-2/h5-14H,3-4,15-16H2,1-2H3,(H,24,26)/b14-9+. The highest BCUT2D eigenvalue weighted by molar-refractivity contribution is 5.94. The van der Waals surface area contributed by atoms with Gasteiger partial charge in [0.05, 0.1) is 13.2 Å². The molecule has 0 aliphatic heterocycles. The van der Waals surface area contributed by atoms with Crippen LogP contribution in [0.1, 0.15) is 25.0 Å². The number of carbonyl (C=O) groups excluding carboxylic acids is 2. The molecule has 28 heavy (non-hydrogen) atoms. The third kappa shape index (κ3) is 6.87. The fourth-order valence-corrected chi connectivity index (χ4v) is 2.49. The highest BCUT2D eigenvalue weighted by Crippen LogP contribution is 2.13. The molecule has 148 valence electrons. The minimum absolute atomic E-state index is 0.0376. The molecule has 0 unspecified atom stereocenters. The second kappa shape index (κ2) is 10.9. The van der Waals surface area contributed by atoms with E-state index in [0.717, 1.165) is 16.9 Å². The van der Waals surface area contributed by atoms with Crippen molar-refractivity contribution < 1.29 is 18.7 Å². The maximum absolute atomic E-state index is 12.9. The lowest BCUT2D eigenvalue weighted by atomic mass is 10.2.